The lowest BCUT2D eigenvalue weighted by atomic mass is 10.2. The van der Waals surface area contributed by atoms with Crippen LogP contribution in [0.1, 0.15) is 22.3 Å². The zero-order valence-electron chi connectivity index (χ0n) is 12.3. The van der Waals surface area contributed by atoms with Crippen molar-refractivity contribution >= 4 is 62.7 Å². The van der Waals surface area contributed by atoms with Crippen molar-refractivity contribution < 1.29 is 4.79 Å². The van der Waals surface area contributed by atoms with Gasteiger partial charge in [0.1, 0.15) is 5.37 Å². The monoisotopic (exact) mass is 431 g/mol. The Hall–Kier alpha value is -0.820. The minimum Gasteiger partial charge on any atom is -0.273 e. The number of aryl methyl sites for hydroxylation is 2. The first-order valence-corrected chi connectivity index (χ1v) is 9.38. The van der Waals surface area contributed by atoms with Gasteiger partial charge in [-0.3, -0.25) is 9.69 Å². The number of rotatable bonds is 2. The van der Waals surface area contributed by atoms with Crippen molar-refractivity contribution in [3.05, 3.63) is 49.7 Å². The van der Waals surface area contributed by atoms with Gasteiger partial charge in [-0.2, -0.15) is 0 Å². The molecule has 23 heavy (non-hydrogen) atoms. The Bertz CT molecular complexity index is 759. The van der Waals surface area contributed by atoms with Crippen LogP contribution in [0.5, 0.6) is 0 Å². The van der Waals surface area contributed by atoms with Crippen molar-refractivity contribution in [3.8, 4) is 0 Å². The Kier molecular flexibility index (Phi) is 4.88. The predicted molar refractivity (Wildman–Crippen MR) is 98.4 cm³/mol. The predicted octanol–water partition coefficient (Wildman–Crippen LogP) is 4.94. The summed E-state index contributed by atoms with van der Waals surface area (Å²) in [5.41, 5.74) is 2.27. The first-order valence-electron chi connectivity index (χ1n) is 6.78. The van der Waals surface area contributed by atoms with Gasteiger partial charge < -0.3 is 0 Å². The highest BCUT2D eigenvalue weighted by atomic mass is 79.9. The number of hydrogen-bond donors (Lipinski definition) is 0. The first-order chi connectivity index (χ1) is 10.9. The lowest BCUT2D eigenvalue weighted by Gasteiger charge is -2.24. The zero-order chi connectivity index (χ0) is 16.7. The number of halogens is 3. The summed E-state index contributed by atoms with van der Waals surface area (Å²) in [6.07, 6.45) is 0. The summed E-state index contributed by atoms with van der Waals surface area (Å²) in [4.78, 5) is 22.9. The van der Waals surface area contributed by atoms with Crippen molar-refractivity contribution in [1.82, 2.24) is 9.97 Å². The molecular weight excluding hydrogens is 421 g/mol. The van der Waals surface area contributed by atoms with E-state index in [0.29, 0.717) is 27.3 Å². The van der Waals surface area contributed by atoms with Gasteiger partial charge >= 0.3 is 0 Å². The number of benzene rings is 1. The summed E-state index contributed by atoms with van der Waals surface area (Å²) in [7, 11) is 0. The van der Waals surface area contributed by atoms with Crippen LogP contribution in [0.2, 0.25) is 10.0 Å². The van der Waals surface area contributed by atoms with Crippen LogP contribution in [0.3, 0.4) is 0 Å². The number of aromatic nitrogens is 2. The Balaban J connectivity index is 2.11. The van der Waals surface area contributed by atoms with E-state index in [4.69, 9.17) is 23.2 Å². The summed E-state index contributed by atoms with van der Waals surface area (Å²) in [6.45, 7) is 3.74. The van der Waals surface area contributed by atoms with Gasteiger partial charge in [-0.25, -0.2) is 9.97 Å². The molecule has 3 rings (SSSR count). The van der Waals surface area contributed by atoms with Gasteiger partial charge in [-0.15, -0.1) is 11.8 Å². The second-order valence-electron chi connectivity index (χ2n) is 5.07. The minimum absolute atomic E-state index is 0.0582. The van der Waals surface area contributed by atoms with Crippen LogP contribution in [0, 0.1) is 13.8 Å². The normalized spacial score (nSPS) is 17.9. The molecule has 0 N–H and O–H groups in total. The Morgan fingerprint density at radius 1 is 1.22 bits per heavy atom. The third kappa shape index (κ3) is 3.09. The van der Waals surface area contributed by atoms with Crippen molar-refractivity contribution in [2.45, 2.75) is 19.2 Å². The van der Waals surface area contributed by atoms with Crippen LogP contribution < -0.4 is 4.90 Å². The van der Waals surface area contributed by atoms with Gasteiger partial charge in [-0.1, -0.05) is 29.3 Å². The number of carbonyl (C=O) groups is 1. The SMILES string of the molecule is Cc1nc(N2C(=O)CSC2c2c(Cl)cccc2Cl)nc(C)c1Br. The highest BCUT2D eigenvalue weighted by molar-refractivity contribution is 9.10. The average Bonchev–Trinajstić information content (AvgIpc) is 2.86. The molecule has 8 heteroatoms. The Labute approximate surface area is 156 Å². The maximum absolute atomic E-state index is 12.4. The molecular formula is C15H12BrCl2N3OS. The Morgan fingerprint density at radius 3 is 2.35 bits per heavy atom. The molecule has 4 nitrogen and oxygen atoms in total. The molecule has 0 saturated carbocycles. The van der Waals surface area contributed by atoms with E-state index in [2.05, 4.69) is 25.9 Å². The molecule has 0 radical (unpaired) electrons. The molecule has 0 bridgehead atoms. The second kappa shape index (κ2) is 6.59. The summed E-state index contributed by atoms with van der Waals surface area (Å²) >= 11 is 17.5. The van der Waals surface area contributed by atoms with E-state index in [9.17, 15) is 4.79 Å². The summed E-state index contributed by atoms with van der Waals surface area (Å²) in [6, 6.07) is 5.32. The Morgan fingerprint density at radius 2 is 1.78 bits per heavy atom. The van der Waals surface area contributed by atoms with Crippen LogP contribution in [-0.2, 0) is 4.79 Å². The van der Waals surface area contributed by atoms with E-state index < -0.39 is 0 Å². The van der Waals surface area contributed by atoms with Gasteiger partial charge in [0.25, 0.3) is 0 Å². The molecule has 1 amide bonds. The molecule has 2 aromatic rings. The molecule has 0 aliphatic carbocycles. The van der Waals surface area contributed by atoms with Gasteiger partial charge in [0.05, 0.1) is 21.6 Å². The van der Waals surface area contributed by atoms with Gasteiger partial charge in [-0.05, 0) is 41.9 Å². The maximum Gasteiger partial charge on any atom is 0.240 e. The van der Waals surface area contributed by atoms with Crippen LogP contribution >= 0.6 is 50.9 Å². The number of thioether (sulfide) groups is 1. The molecule has 1 atom stereocenters. The molecule has 1 aliphatic heterocycles. The molecule has 1 saturated heterocycles. The second-order valence-corrected chi connectivity index (χ2v) is 7.75. The van der Waals surface area contributed by atoms with Crippen LogP contribution in [0.25, 0.3) is 0 Å². The minimum atomic E-state index is -0.330. The lowest BCUT2D eigenvalue weighted by Crippen LogP contribution is -2.30. The zero-order valence-corrected chi connectivity index (χ0v) is 16.2. The van der Waals surface area contributed by atoms with Crippen LogP contribution in [0.4, 0.5) is 5.95 Å². The summed E-state index contributed by atoms with van der Waals surface area (Å²) in [5.74, 6) is 0.653. The quantitative estimate of drug-likeness (QED) is 0.673. The number of amides is 1. The van der Waals surface area contributed by atoms with Crippen molar-refractivity contribution in [3.63, 3.8) is 0 Å². The van der Waals surface area contributed by atoms with Crippen molar-refractivity contribution in [2.75, 3.05) is 10.7 Å². The van der Waals surface area contributed by atoms with E-state index in [1.54, 1.807) is 23.1 Å². The van der Waals surface area contributed by atoms with E-state index in [1.807, 2.05) is 13.8 Å². The maximum atomic E-state index is 12.4. The third-order valence-electron chi connectivity index (χ3n) is 3.50. The first kappa shape index (κ1) is 17.0. The third-order valence-corrected chi connectivity index (χ3v) is 6.48. The van der Waals surface area contributed by atoms with Gasteiger partial charge in [0.2, 0.25) is 11.9 Å². The van der Waals surface area contributed by atoms with Crippen molar-refractivity contribution in [2.24, 2.45) is 0 Å². The molecule has 1 aliphatic rings. The van der Waals surface area contributed by atoms with E-state index in [1.165, 1.54) is 11.8 Å². The van der Waals surface area contributed by atoms with E-state index >= 15 is 0 Å². The fourth-order valence-corrected chi connectivity index (χ4v) is 4.53. The molecule has 1 unspecified atom stereocenters. The van der Waals surface area contributed by atoms with Gasteiger partial charge in [0, 0.05) is 15.6 Å². The molecule has 0 spiro atoms. The lowest BCUT2D eigenvalue weighted by molar-refractivity contribution is -0.115. The molecule has 2 heterocycles. The van der Waals surface area contributed by atoms with Crippen molar-refractivity contribution in [1.29, 1.82) is 0 Å². The highest BCUT2D eigenvalue weighted by Gasteiger charge is 2.38. The van der Waals surface area contributed by atoms with E-state index in [-0.39, 0.29) is 11.3 Å². The van der Waals surface area contributed by atoms with E-state index in [0.717, 1.165) is 15.9 Å². The standard InChI is InChI=1S/C15H12BrCl2N3OS/c1-7-13(16)8(2)20-15(19-7)21-11(22)6-23-14(21)12-9(17)4-3-5-10(12)18/h3-5,14H,6H2,1-2H3. The topological polar surface area (TPSA) is 46.1 Å². The van der Waals surface area contributed by atoms with Crippen LogP contribution in [-0.4, -0.2) is 21.6 Å². The molecule has 1 aromatic heterocycles. The summed E-state index contributed by atoms with van der Waals surface area (Å²) in [5, 5.41) is 0.726. The number of carbonyl (C=O) groups excluding carboxylic acids is 1. The molecule has 1 aromatic carbocycles. The van der Waals surface area contributed by atoms with Gasteiger partial charge in [0.15, 0.2) is 0 Å². The van der Waals surface area contributed by atoms with Crippen LogP contribution in [0.15, 0.2) is 22.7 Å². The fraction of sp³-hybridized carbons (Fsp3) is 0.267. The average molecular weight is 433 g/mol. The number of anilines is 1. The summed E-state index contributed by atoms with van der Waals surface area (Å²) < 4.78 is 0.841. The fourth-order valence-electron chi connectivity index (χ4n) is 2.39. The smallest absolute Gasteiger partial charge is 0.240 e. The number of nitrogens with zero attached hydrogens (tertiary/aromatic N) is 3. The largest absolute Gasteiger partial charge is 0.273 e. The number of hydrogen-bond acceptors (Lipinski definition) is 4. The molecule has 1 fully saturated rings. The highest BCUT2D eigenvalue weighted by Crippen LogP contribution is 2.45. The molecule has 120 valence electrons.